The first-order valence-electron chi connectivity index (χ1n) is 12.4. The van der Waals surface area contributed by atoms with E-state index >= 15 is 0 Å². The van der Waals surface area contributed by atoms with E-state index < -0.39 is 47.5 Å². The van der Waals surface area contributed by atoms with Gasteiger partial charge in [0.25, 0.3) is 0 Å². The Hall–Kier alpha value is -4.06. The molecule has 1 saturated heterocycles. The van der Waals surface area contributed by atoms with Gasteiger partial charge in [0.2, 0.25) is 5.91 Å². The Labute approximate surface area is 235 Å². The molecule has 2 aliphatic heterocycles. The summed E-state index contributed by atoms with van der Waals surface area (Å²) in [7, 11) is 0. The molecule has 1 N–H and O–H groups in total. The van der Waals surface area contributed by atoms with Crippen molar-refractivity contribution in [3.05, 3.63) is 106 Å². The van der Waals surface area contributed by atoms with E-state index in [0.717, 1.165) is 24.3 Å². The lowest BCUT2D eigenvalue weighted by molar-refractivity contribution is -0.138. The zero-order valence-electron chi connectivity index (χ0n) is 21.0. The van der Waals surface area contributed by atoms with Crippen LogP contribution in [-0.4, -0.2) is 47.2 Å². The van der Waals surface area contributed by atoms with Crippen LogP contribution in [0.2, 0.25) is 5.02 Å². The molecule has 0 bridgehead atoms. The van der Waals surface area contributed by atoms with E-state index in [0.29, 0.717) is 16.1 Å². The summed E-state index contributed by atoms with van der Waals surface area (Å²) in [5.41, 5.74) is -1.16. The van der Waals surface area contributed by atoms with Gasteiger partial charge in [-0.2, -0.15) is 26.3 Å². The number of amidine groups is 1. The van der Waals surface area contributed by atoms with Gasteiger partial charge < -0.3 is 10.2 Å². The van der Waals surface area contributed by atoms with Crippen LogP contribution >= 0.6 is 11.6 Å². The van der Waals surface area contributed by atoms with E-state index in [2.05, 4.69) is 10.3 Å². The topological polar surface area (TPSA) is 65.0 Å². The minimum Gasteiger partial charge on any atom is -0.353 e. The fourth-order valence-electron chi connectivity index (χ4n) is 4.90. The number of aliphatic imine (C=N–C) groups is 1. The standard InChI is InChI=1S/C28H21ClF6N4O2/c29-21-6-2-3-17(14-21)24-23(16-7-9-19(10-8-16)27(30,31)32)37-25(18-4-1-5-20(13-18)28(33,34)35)39(24)26(41)38-12-11-36-22(40)15-38/h1-10,13-14,23-24H,11-12,15H2,(H,36,40). The van der Waals surface area contributed by atoms with Crippen molar-refractivity contribution >= 4 is 29.4 Å². The number of piperazine rings is 1. The molecule has 0 radical (unpaired) electrons. The summed E-state index contributed by atoms with van der Waals surface area (Å²) < 4.78 is 80.7. The molecule has 2 atom stereocenters. The van der Waals surface area contributed by atoms with Gasteiger partial charge in [-0.15, -0.1) is 0 Å². The Bertz CT molecular complexity index is 1510. The molecule has 5 rings (SSSR count). The van der Waals surface area contributed by atoms with Gasteiger partial charge >= 0.3 is 18.4 Å². The highest BCUT2D eigenvalue weighted by Gasteiger charge is 2.45. The van der Waals surface area contributed by atoms with Crippen LogP contribution in [0.1, 0.15) is 39.9 Å². The highest BCUT2D eigenvalue weighted by Crippen LogP contribution is 2.45. The molecule has 3 aromatic rings. The van der Waals surface area contributed by atoms with Gasteiger partial charge in [-0.25, -0.2) is 4.79 Å². The number of hydrogen-bond donors (Lipinski definition) is 1. The van der Waals surface area contributed by atoms with E-state index in [1.165, 1.54) is 34.1 Å². The first-order chi connectivity index (χ1) is 19.3. The number of rotatable bonds is 3. The smallest absolute Gasteiger partial charge is 0.353 e. The summed E-state index contributed by atoms with van der Waals surface area (Å²) in [6.07, 6.45) is -9.28. The molecular formula is C28H21ClF6N4O2. The maximum Gasteiger partial charge on any atom is 0.416 e. The Morgan fingerprint density at radius 1 is 0.878 bits per heavy atom. The normalized spacial score (nSPS) is 19.7. The van der Waals surface area contributed by atoms with Gasteiger partial charge in [0.1, 0.15) is 18.4 Å². The number of carbonyl (C=O) groups is 2. The van der Waals surface area contributed by atoms with Crippen LogP contribution in [-0.2, 0) is 17.1 Å². The quantitative estimate of drug-likeness (QED) is 0.353. The maximum atomic E-state index is 14.0. The molecular weight excluding hydrogens is 574 g/mol. The molecule has 0 spiro atoms. The molecule has 3 amide bonds. The minimum absolute atomic E-state index is 0.0314. The zero-order valence-corrected chi connectivity index (χ0v) is 21.8. The number of benzene rings is 3. The number of alkyl halides is 6. The summed E-state index contributed by atoms with van der Waals surface area (Å²) in [6, 6.07) is 12.1. The second kappa shape index (κ2) is 10.7. The first-order valence-corrected chi connectivity index (χ1v) is 12.7. The number of urea groups is 1. The predicted octanol–water partition coefficient (Wildman–Crippen LogP) is 6.47. The Balaban J connectivity index is 1.69. The van der Waals surface area contributed by atoms with Crippen LogP contribution in [0, 0.1) is 0 Å². The monoisotopic (exact) mass is 594 g/mol. The number of halogens is 7. The van der Waals surface area contributed by atoms with Gasteiger partial charge in [-0.1, -0.05) is 48.0 Å². The van der Waals surface area contributed by atoms with Crippen LogP contribution in [0.25, 0.3) is 0 Å². The number of carbonyl (C=O) groups excluding carboxylic acids is 2. The van der Waals surface area contributed by atoms with Crippen molar-refractivity contribution in [3.63, 3.8) is 0 Å². The van der Waals surface area contributed by atoms with Crippen molar-refractivity contribution in [2.75, 3.05) is 19.6 Å². The Morgan fingerprint density at radius 3 is 2.20 bits per heavy atom. The molecule has 6 nitrogen and oxygen atoms in total. The van der Waals surface area contributed by atoms with Crippen LogP contribution < -0.4 is 5.32 Å². The summed E-state index contributed by atoms with van der Waals surface area (Å²) >= 11 is 6.25. The lowest BCUT2D eigenvalue weighted by Crippen LogP contribution is -2.55. The fraction of sp³-hybridized carbons (Fsp3) is 0.250. The van der Waals surface area contributed by atoms with Gasteiger partial charge in [-0.3, -0.25) is 14.7 Å². The molecule has 2 aliphatic rings. The average molecular weight is 595 g/mol. The number of amides is 3. The van der Waals surface area contributed by atoms with Gasteiger partial charge in [-0.05, 0) is 47.5 Å². The zero-order chi connectivity index (χ0) is 29.5. The van der Waals surface area contributed by atoms with Crippen LogP contribution in [0.4, 0.5) is 31.1 Å². The second-order valence-electron chi connectivity index (χ2n) is 9.52. The first kappa shape index (κ1) is 28.5. The molecule has 0 saturated carbocycles. The van der Waals surface area contributed by atoms with Crippen molar-refractivity contribution in [1.82, 2.24) is 15.1 Å². The van der Waals surface area contributed by atoms with E-state index in [-0.39, 0.29) is 31.0 Å². The second-order valence-corrected chi connectivity index (χ2v) is 9.96. The van der Waals surface area contributed by atoms with Gasteiger partial charge in [0.05, 0.1) is 17.2 Å². The third-order valence-electron chi connectivity index (χ3n) is 6.80. The van der Waals surface area contributed by atoms with Crippen molar-refractivity contribution in [1.29, 1.82) is 0 Å². The van der Waals surface area contributed by atoms with Crippen LogP contribution in [0.15, 0.2) is 77.8 Å². The average Bonchev–Trinajstić information content (AvgIpc) is 3.32. The number of nitrogens with one attached hydrogen (secondary N) is 1. The predicted molar refractivity (Wildman–Crippen MR) is 138 cm³/mol. The summed E-state index contributed by atoms with van der Waals surface area (Å²) in [5, 5.41) is 2.91. The third-order valence-corrected chi connectivity index (χ3v) is 7.03. The summed E-state index contributed by atoms with van der Waals surface area (Å²) in [4.78, 5) is 33.2. The minimum atomic E-state index is -4.69. The molecule has 13 heteroatoms. The van der Waals surface area contributed by atoms with E-state index in [4.69, 9.17) is 11.6 Å². The van der Waals surface area contributed by atoms with Crippen molar-refractivity contribution in [2.24, 2.45) is 4.99 Å². The van der Waals surface area contributed by atoms with Crippen LogP contribution in [0.3, 0.4) is 0 Å². The SMILES string of the molecule is O=C1CN(C(=O)N2C(c3cccc(C(F)(F)F)c3)=NC(c3ccc(C(F)(F)F)cc3)C2c2cccc(Cl)c2)CCN1. The molecule has 214 valence electrons. The molecule has 3 aromatic carbocycles. The highest BCUT2D eigenvalue weighted by molar-refractivity contribution is 6.30. The Morgan fingerprint density at radius 2 is 1.56 bits per heavy atom. The number of hydrogen-bond acceptors (Lipinski definition) is 3. The Kier molecular flexibility index (Phi) is 7.45. The molecule has 2 unspecified atom stereocenters. The fourth-order valence-corrected chi connectivity index (χ4v) is 5.10. The largest absolute Gasteiger partial charge is 0.416 e. The van der Waals surface area contributed by atoms with Crippen LogP contribution in [0.5, 0.6) is 0 Å². The van der Waals surface area contributed by atoms with Gasteiger partial charge in [0, 0.05) is 23.7 Å². The molecule has 2 heterocycles. The van der Waals surface area contributed by atoms with Crippen molar-refractivity contribution in [3.8, 4) is 0 Å². The van der Waals surface area contributed by atoms with E-state index in [1.807, 2.05) is 0 Å². The maximum absolute atomic E-state index is 14.0. The third kappa shape index (κ3) is 5.88. The lowest BCUT2D eigenvalue weighted by atomic mass is 9.93. The molecule has 1 fully saturated rings. The van der Waals surface area contributed by atoms with Crippen molar-refractivity contribution in [2.45, 2.75) is 24.4 Å². The lowest BCUT2D eigenvalue weighted by Gasteiger charge is -2.35. The van der Waals surface area contributed by atoms with E-state index in [9.17, 15) is 35.9 Å². The van der Waals surface area contributed by atoms with Gasteiger partial charge in [0.15, 0.2) is 0 Å². The summed E-state index contributed by atoms with van der Waals surface area (Å²) in [6.45, 7) is 0.00118. The van der Waals surface area contributed by atoms with E-state index in [1.54, 1.807) is 24.3 Å². The molecule has 41 heavy (non-hydrogen) atoms. The molecule has 0 aromatic heterocycles. The summed E-state index contributed by atoms with van der Waals surface area (Å²) in [5.74, 6) is -0.540. The highest BCUT2D eigenvalue weighted by atomic mass is 35.5. The number of nitrogens with zero attached hydrogens (tertiary/aromatic N) is 3. The molecule has 0 aliphatic carbocycles. The van der Waals surface area contributed by atoms with Crippen molar-refractivity contribution < 1.29 is 35.9 Å².